The van der Waals surface area contributed by atoms with Gasteiger partial charge in [0.1, 0.15) is 5.75 Å². The number of carbonyl (C=O) groups excluding carboxylic acids is 2. The maximum atomic E-state index is 13.0. The maximum Gasteiger partial charge on any atom is 0.238 e. The lowest BCUT2D eigenvalue weighted by atomic mass is 9.63. The minimum absolute atomic E-state index is 0.0378. The number of ether oxygens (including phenoxy) is 1. The molecule has 1 heterocycles. The second-order valence-corrected chi connectivity index (χ2v) is 6.84. The molecule has 4 heteroatoms. The van der Waals surface area contributed by atoms with E-state index in [1.165, 1.54) is 11.3 Å². The van der Waals surface area contributed by atoms with E-state index in [4.69, 9.17) is 4.74 Å². The lowest BCUT2D eigenvalue weighted by Gasteiger charge is -2.37. The first-order valence-corrected chi connectivity index (χ1v) is 7.91. The fourth-order valence-corrected chi connectivity index (χ4v) is 5.01. The molecule has 0 aromatic heterocycles. The molecule has 112 valence electrons. The minimum Gasteiger partial charge on any atom is -0.495 e. The molecule has 2 bridgehead atoms. The lowest BCUT2D eigenvalue weighted by molar-refractivity contribution is -0.124. The van der Waals surface area contributed by atoms with Gasteiger partial charge in [-0.3, -0.25) is 9.59 Å². The Morgan fingerprint density at radius 3 is 2.18 bits per heavy atom. The Morgan fingerprint density at radius 1 is 1.00 bits per heavy atom. The number of imide groups is 1. The highest BCUT2D eigenvalue weighted by Gasteiger charge is 2.67. The third-order valence-electron chi connectivity index (χ3n) is 5.99. The van der Waals surface area contributed by atoms with Crippen LogP contribution in [0.5, 0.6) is 5.75 Å². The number of allylic oxidation sites excluding steroid dienone is 2. The standard InChI is InChI=1S/C18H17NO3/c1-22-14-5-3-2-4-13(14)19-17(20)15-9-6-7-10(12-8-11(9)12)16(15)18(19)21/h2-7,9-12,15-16H,8H2,1H3/t9-,10-,11-,12+,15-,16+/m1/s1. The molecule has 1 aromatic rings. The van der Waals surface area contributed by atoms with Gasteiger partial charge in [0.15, 0.2) is 0 Å². The predicted octanol–water partition coefficient (Wildman–Crippen LogP) is 2.25. The maximum absolute atomic E-state index is 13.0. The molecule has 6 rings (SSSR count). The monoisotopic (exact) mass is 295 g/mol. The van der Waals surface area contributed by atoms with Crippen LogP contribution in [0, 0.1) is 35.5 Å². The zero-order valence-electron chi connectivity index (χ0n) is 12.3. The van der Waals surface area contributed by atoms with Gasteiger partial charge in [-0.25, -0.2) is 4.90 Å². The van der Waals surface area contributed by atoms with Crippen molar-refractivity contribution >= 4 is 17.5 Å². The molecular weight excluding hydrogens is 278 g/mol. The van der Waals surface area contributed by atoms with Crippen molar-refractivity contribution in [2.24, 2.45) is 35.5 Å². The first-order chi connectivity index (χ1) is 10.7. The summed E-state index contributed by atoms with van der Waals surface area (Å²) >= 11 is 0. The van der Waals surface area contributed by atoms with Crippen molar-refractivity contribution in [3.8, 4) is 5.75 Å². The summed E-state index contributed by atoms with van der Waals surface area (Å²) in [6, 6.07) is 7.27. The van der Waals surface area contributed by atoms with Gasteiger partial charge in [-0.05, 0) is 42.2 Å². The molecule has 0 spiro atoms. The Hall–Kier alpha value is -2.10. The summed E-state index contributed by atoms with van der Waals surface area (Å²) in [7, 11) is 1.57. The van der Waals surface area contributed by atoms with Gasteiger partial charge in [-0.15, -0.1) is 0 Å². The van der Waals surface area contributed by atoms with Gasteiger partial charge in [0.25, 0.3) is 0 Å². The van der Waals surface area contributed by atoms with Gasteiger partial charge in [-0.2, -0.15) is 0 Å². The number of methoxy groups -OCH3 is 1. The van der Waals surface area contributed by atoms with Gasteiger partial charge in [0.05, 0.1) is 24.6 Å². The quantitative estimate of drug-likeness (QED) is 0.621. The topological polar surface area (TPSA) is 46.6 Å². The van der Waals surface area contributed by atoms with E-state index in [1.807, 2.05) is 12.1 Å². The molecule has 0 N–H and O–H groups in total. The minimum atomic E-state index is -0.156. The summed E-state index contributed by atoms with van der Waals surface area (Å²) < 4.78 is 5.35. The molecule has 2 saturated carbocycles. The molecule has 5 aliphatic rings. The van der Waals surface area contributed by atoms with E-state index in [0.29, 0.717) is 23.3 Å². The third-order valence-corrected chi connectivity index (χ3v) is 5.99. The van der Waals surface area contributed by atoms with E-state index >= 15 is 0 Å². The number of para-hydroxylation sites is 2. The van der Waals surface area contributed by atoms with Gasteiger partial charge >= 0.3 is 0 Å². The number of carbonyl (C=O) groups is 2. The number of hydrogen-bond acceptors (Lipinski definition) is 3. The average molecular weight is 295 g/mol. The highest BCUT2D eigenvalue weighted by molar-refractivity contribution is 6.23. The van der Waals surface area contributed by atoms with Crippen LogP contribution in [0.25, 0.3) is 0 Å². The SMILES string of the molecule is COc1ccccc1N1C(=O)[C@@H]2[C@@H]3C=C[C@H]([C@@H]4C[C@H]34)[C@@H]2C1=O. The van der Waals surface area contributed by atoms with Crippen LogP contribution in [0.4, 0.5) is 5.69 Å². The molecule has 6 atom stereocenters. The summed E-state index contributed by atoms with van der Waals surface area (Å²) in [5.74, 6) is 1.97. The number of nitrogens with zero attached hydrogens (tertiary/aromatic N) is 1. The van der Waals surface area contributed by atoms with Crippen molar-refractivity contribution < 1.29 is 14.3 Å². The van der Waals surface area contributed by atoms with Crippen molar-refractivity contribution in [3.63, 3.8) is 0 Å². The van der Waals surface area contributed by atoms with Crippen LogP contribution in [0.1, 0.15) is 6.42 Å². The van der Waals surface area contributed by atoms with Crippen LogP contribution in [0.2, 0.25) is 0 Å². The van der Waals surface area contributed by atoms with Crippen molar-refractivity contribution in [2.45, 2.75) is 6.42 Å². The molecule has 22 heavy (non-hydrogen) atoms. The highest BCUT2D eigenvalue weighted by atomic mass is 16.5. The zero-order chi connectivity index (χ0) is 15.0. The molecule has 2 amide bonds. The second-order valence-electron chi connectivity index (χ2n) is 6.84. The van der Waals surface area contributed by atoms with E-state index in [1.54, 1.807) is 19.2 Å². The average Bonchev–Trinajstić information content (AvgIpc) is 3.32. The van der Waals surface area contributed by atoms with Crippen molar-refractivity contribution in [1.29, 1.82) is 0 Å². The van der Waals surface area contributed by atoms with Crippen LogP contribution < -0.4 is 9.64 Å². The molecule has 3 fully saturated rings. The fourth-order valence-electron chi connectivity index (χ4n) is 5.01. The summed E-state index contributed by atoms with van der Waals surface area (Å²) in [5, 5.41) is 0. The van der Waals surface area contributed by atoms with Gasteiger partial charge in [0, 0.05) is 0 Å². The molecule has 4 aliphatic carbocycles. The van der Waals surface area contributed by atoms with E-state index in [-0.39, 0.29) is 35.5 Å². The summed E-state index contributed by atoms with van der Waals surface area (Å²) in [6.45, 7) is 0. The van der Waals surface area contributed by atoms with E-state index in [2.05, 4.69) is 12.2 Å². The number of anilines is 1. The summed E-state index contributed by atoms with van der Waals surface area (Å²) in [6.07, 6.45) is 5.57. The Labute approximate surface area is 128 Å². The second kappa shape index (κ2) is 4.00. The first kappa shape index (κ1) is 12.4. The van der Waals surface area contributed by atoms with Gasteiger partial charge < -0.3 is 4.74 Å². The first-order valence-electron chi connectivity index (χ1n) is 7.91. The Balaban J connectivity index is 1.60. The van der Waals surface area contributed by atoms with E-state index in [0.717, 1.165) is 0 Å². The van der Waals surface area contributed by atoms with E-state index < -0.39 is 0 Å². The van der Waals surface area contributed by atoms with Crippen LogP contribution in [-0.2, 0) is 9.59 Å². The summed E-state index contributed by atoms with van der Waals surface area (Å²) in [5.41, 5.74) is 0.586. The van der Waals surface area contributed by atoms with E-state index in [9.17, 15) is 9.59 Å². The Bertz CT molecular complexity index is 689. The lowest BCUT2D eigenvalue weighted by Crippen LogP contribution is -2.40. The van der Waals surface area contributed by atoms with Crippen molar-refractivity contribution in [3.05, 3.63) is 36.4 Å². The predicted molar refractivity (Wildman–Crippen MR) is 80.2 cm³/mol. The highest BCUT2D eigenvalue weighted by Crippen LogP contribution is 2.65. The smallest absolute Gasteiger partial charge is 0.238 e. The number of hydrogen-bond donors (Lipinski definition) is 0. The molecule has 1 aliphatic heterocycles. The molecule has 0 unspecified atom stereocenters. The van der Waals surface area contributed by atoms with Gasteiger partial charge in [0.2, 0.25) is 11.8 Å². The number of amides is 2. The largest absolute Gasteiger partial charge is 0.495 e. The van der Waals surface area contributed by atoms with Crippen molar-refractivity contribution in [1.82, 2.24) is 0 Å². The van der Waals surface area contributed by atoms with Crippen LogP contribution in [0.3, 0.4) is 0 Å². The Kier molecular flexibility index (Phi) is 2.26. The number of benzene rings is 1. The molecule has 1 saturated heterocycles. The fraction of sp³-hybridized carbons (Fsp3) is 0.444. The molecule has 0 radical (unpaired) electrons. The third kappa shape index (κ3) is 1.33. The molecule has 1 aromatic carbocycles. The number of rotatable bonds is 2. The van der Waals surface area contributed by atoms with Crippen LogP contribution >= 0.6 is 0 Å². The Morgan fingerprint density at radius 2 is 1.59 bits per heavy atom. The normalized spacial score (nSPS) is 40.7. The molecule has 4 nitrogen and oxygen atoms in total. The van der Waals surface area contributed by atoms with Crippen LogP contribution in [-0.4, -0.2) is 18.9 Å². The van der Waals surface area contributed by atoms with Gasteiger partial charge in [-0.1, -0.05) is 24.3 Å². The zero-order valence-corrected chi connectivity index (χ0v) is 12.3. The summed E-state index contributed by atoms with van der Waals surface area (Å²) in [4.78, 5) is 27.4. The van der Waals surface area contributed by atoms with Crippen molar-refractivity contribution in [2.75, 3.05) is 12.0 Å². The van der Waals surface area contributed by atoms with Crippen LogP contribution in [0.15, 0.2) is 36.4 Å². The molecular formula is C18H17NO3.